The van der Waals surface area contributed by atoms with Gasteiger partial charge in [0.15, 0.2) is 0 Å². The van der Waals surface area contributed by atoms with Crippen LogP contribution in [0.4, 0.5) is 32.3 Å². The molecule has 0 saturated carbocycles. The summed E-state index contributed by atoms with van der Waals surface area (Å²) in [5.41, 5.74) is -2.63. The van der Waals surface area contributed by atoms with Crippen molar-refractivity contribution in [3.05, 3.63) is 53.3 Å². The fraction of sp³-hybridized carbons (Fsp3) is 0.286. The molecule has 0 aliphatic carbocycles. The summed E-state index contributed by atoms with van der Waals surface area (Å²) in [7, 11) is 0. The average Bonchev–Trinajstić information content (AvgIpc) is 2.51. The number of hydrogen-bond acceptors (Lipinski definition) is 4. The summed E-state index contributed by atoms with van der Waals surface area (Å²) in [4.78, 5) is 6.73. The molecule has 1 aromatic heterocycles. The van der Waals surface area contributed by atoms with Gasteiger partial charge in [-0.3, -0.25) is 0 Å². The molecule has 1 heterocycles. The fourth-order valence-electron chi connectivity index (χ4n) is 1.95. The molecule has 0 spiro atoms. The first-order valence-electron chi connectivity index (χ1n) is 6.57. The van der Waals surface area contributed by atoms with Crippen molar-refractivity contribution in [3.8, 4) is 0 Å². The zero-order chi connectivity index (χ0) is 18.0. The van der Waals surface area contributed by atoms with Gasteiger partial charge in [-0.1, -0.05) is 18.2 Å². The highest BCUT2D eigenvalue weighted by Crippen LogP contribution is 2.34. The van der Waals surface area contributed by atoms with E-state index in [0.717, 1.165) is 18.3 Å². The fourth-order valence-corrected chi connectivity index (χ4v) is 1.95. The Morgan fingerprint density at radius 1 is 1.00 bits per heavy atom. The first kappa shape index (κ1) is 18.0. The van der Waals surface area contributed by atoms with Crippen molar-refractivity contribution >= 4 is 5.95 Å². The number of aliphatic hydroxyl groups excluding tert-OH is 1. The monoisotopic (exact) mass is 351 g/mol. The molecule has 1 atom stereocenters. The number of alkyl halides is 6. The third kappa shape index (κ3) is 4.34. The highest BCUT2D eigenvalue weighted by atomic mass is 19.4. The van der Waals surface area contributed by atoms with E-state index in [2.05, 4.69) is 15.3 Å². The maximum absolute atomic E-state index is 12.9. The smallest absolute Gasteiger partial charge is 0.387 e. The second-order valence-electron chi connectivity index (χ2n) is 4.74. The van der Waals surface area contributed by atoms with Gasteiger partial charge < -0.3 is 10.4 Å². The van der Waals surface area contributed by atoms with Crippen LogP contribution in [0.25, 0.3) is 0 Å². The van der Waals surface area contributed by atoms with Crippen molar-refractivity contribution in [2.24, 2.45) is 0 Å². The number of nitrogens with one attached hydrogen (secondary N) is 1. The molecule has 0 bridgehead atoms. The lowest BCUT2D eigenvalue weighted by atomic mass is 10.0. The molecule has 2 aromatic rings. The topological polar surface area (TPSA) is 58.0 Å². The number of aliphatic hydroxyl groups is 1. The molecule has 4 nitrogen and oxygen atoms in total. The van der Waals surface area contributed by atoms with Gasteiger partial charge >= 0.3 is 12.4 Å². The van der Waals surface area contributed by atoms with Gasteiger partial charge in [0.05, 0.1) is 11.7 Å². The lowest BCUT2D eigenvalue weighted by molar-refractivity contribution is -0.141. The van der Waals surface area contributed by atoms with Gasteiger partial charge in [-0.25, -0.2) is 9.97 Å². The molecule has 1 aromatic carbocycles. The number of hydrogen-bond donors (Lipinski definition) is 2. The van der Waals surface area contributed by atoms with E-state index in [0.29, 0.717) is 6.07 Å². The van der Waals surface area contributed by atoms with Crippen LogP contribution in [0.1, 0.15) is 22.9 Å². The third-order valence-electron chi connectivity index (χ3n) is 3.02. The Morgan fingerprint density at radius 2 is 1.67 bits per heavy atom. The molecule has 24 heavy (non-hydrogen) atoms. The van der Waals surface area contributed by atoms with Crippen molar-refractivity contribution < 1.29 is 31.4 Å². The summed E-state index contributed by atoms with van der Waals surface area (Å²) >= 11 is 0. The predicted molar refractivity (Wildman–Crippen MR) is 71.9 cm³/mol. The number of rotatable bonds is 4. The number of nitrogens with zero attached hydrogens (tertiary/aromatic N) is 2. The quantitative estimate of drug-likeness (QED) is 0.826. The zero-order valence-corrected chi connectivity index (χ0v) is 11.9. The Balaban J connectivity index is 2.14. The minimum atomic E-state index is -4.68. The van der Waals surface area contributed by atoms with Gasteiger partial charge in [0.25, 0.3) is 0 Å². The Labute approximate surface area is 132 Å². The zero-order valence-electron chi connectivity index (χ0n) is 11.9. The molecule has 0 fully saturated rings. The minimum Gasteiger partial charge on any atom is -0.387 e. The van der Waals surface area contributed by atoms with E-state index in [1.54, 1.807) is 0 Å². The highest BCUT2D eigenvalue weighted by molar-refractivity contribution is 5.33. The Kier molecular flexibility index (Phi) is 4.97. The number of halogens is 6. The Morgan fingerprint density at radius 3 is 2.29 bits per heavy atom. The van der Waals surface area contributed by atoms with Gasteiger partial charge in [-0.15, -0.1) is 0 Å². The van der Waals surface area contributed by atoms with Gasteiger partial charge in [-0.05, 0) is 17.7 Å². The number of aromatic nitrogens is 2. The van der Waals surface area contributed by atoms with Crippen LogP contribution in [0.15, 0.2) is 36.5 Å². The Hall–Kier alpha value is -2.36. The Bertz CT molecular complexity index is 701. The highest BCUT2D eigenvalue weighted by Gasteiger charge is 2.35. The van der Waals surface area contributed by atoms with Gasteiger partial charge in [0.2, 0.25) is 5.95 Å². The molecule has 2 N–H and O–H groups in total. The lowest BCUT2D eigenvalue weighted by Crippen LogP contribution is -2.19. The van der Waals surface area contributed by atoms with E-state index in [9.17, 15) is 31.4 Å². The van der Waals surface area contributed by atoms with Crippen molar-refractivity contribution in [2.75, 3.05) is 11.9 Å². The normalized spacial score (nSPS) is 13.6. The van der Waals surface area contributed by atoms with E-state index < -0.39 is 47.8 Å². The van der Waals surface area contributed by atoms with Crippen molar-refractivity contribution in [2.45, 2.75) is 18.5 Å². The molecular weight excluding hydrogens is 340 g/mol. The number of anilines is 1. The van der Waals surface area contributed by atoms with Crippen LogP contribution in [0.5, 0.6) is 0 Å². The second kappa shape index (κ2) is 6.63. The summed E-state index contributed by atoms with van der Waals surface area (Å²) in [5, 5.41) is 12.2. The molecule has 0 unspecified atom stereocenters. The molecule has 0 radical (unpaired) electrons. The lowest BCUT2D eigenvalue weighted by Gasteiger charge is -2.18. The number of benzene rings is 1. The van der Waals surface area contributed by atoms with Crippen LogP contribution in [-0.4, -0.2) is 21.6 Å². The van der Waals surface area contributed by atoms with E-state index >= 15 is 0 Å². The van der Waals surface area contributed by atoms with Crippen LogP contribution < -0.4 is 5.32 Å². The minimum absolute atomic E-state index is 0.399. The van der Waals surface area contributed by atoms with Crippen molar-refractivity contribution in [1.82, 2.24) is 9.97 Å². The molecule has 0 saturated heterocycles. The van der Waals surface area contributed by atoms with E-state index in [1.165, 1.54) is 12.1 Å². The molecule has 10 heteroatoms. The van der Waals surface area contributed by atoms with Crippen LogP contribution in [0.3, 0.4) is 0 Å². The molecule has 2 rings (SSSR count). The van der Waals surface area contributed by atoms with Crippen molar-refractivity contribution in [3.63, 3.8) is 0 Å². The first-order chi connectivity index (χ1) is 11.1. The van der Waals surface area contributed by atoms with Crippen molar-refractivity contribution in [1.29, 1.82) is 0 Å². The average molecular weight is 351 g/mol. The van der Waals surface area contributed by atoms with Crippen LogP contribution in [0, 0.1) is 0 Å². The standard InChI is InChI=1S/C14H11F6N3O/c15-13(16,17)9-4-2-1-3-8(9)10(24)7-22-12-21-6-5-11(23-12)14(18,19)20/h1-6,10,24H,7H2,(H,21,22,23)/t10-/m1/s1. The SMILES string of the molecule is O[C@H](CNc1nccc(C(F)(F)F)n1)c1ccccc1C(F)(F)F. The third-order valence-corrected chi connectivity index (χ3v) is 3.02. The molecule has 0 amide bonds. The predicted octanol–water partition coefficient (Wildman–Crippen LogP) is 3.66. The molecular formula is C14H11F6N3O. The van der Waals surface area contributed by atoms with Crippen LogP contribution in [0.2, 0.25) is 0 Å². The van der Waals surface area contributed by atoms with E-state index in [1.807, 2.05) is 0 Å². The summed E-state index contributed by atoms with van der Waals surface area (Å²) in [6, 6.07) is 5.03. The van der Waals surface area contributed by atoms with Gasteiger partial charge in [0.1, 0.15) is 5.69 Å². The molecule has 130 valence electrons. The summed E-state index contributed by atoms with van der Waals surface area (Å²) in [6.07, 6.45) is -10.1. The molecule has 0 aliphatic rings. The first-order valence-corrected chi connectivity index (χ1v) is 6.57. The maximum atomic E-state index is 12.9. The summed E-state index contributed by atoms with van der Waals surface area (Å²) in [5.74, 6) is -0.451. The van der Waals surface area contributed by atoms with Crippen LogP contribution >= 0.6 is 0 Å². The molecule has 0 aliphatic heterocycles. The van der Waals surface area contributed by atoms with E-state index in [4.69, 9.17) is 0 Å². The summed E-state index contributed by atoms with van der Waals surface area (Å²) in [6.45, 7) is -0.492. The van der Waals surface area contributed by atoms with Crippen LogP contribution in [-0.2, 0) is 12.4 Å². The van der Waals surface area contributed by atoms with Gasteiger partial charge in [0, 0.05) is 12.7 Å². The summed E-state index contributed by atoms with van der Waals surface area (Å²) < 4.78 is 76.2. The second-order valence-corrected chi connectivity index (χ2v) is 4.74. The largest absolute Gasteiger partial charge is 0.433 e. The van der Waals surface area contributed by atoms with E-state index in [-0.39, 0.29) is 0 Å². The maximum Gasteiger partial charge on any atom is 0.433 e. The van der Waals surface area contributed by atoms with Gasteiger partial charge in [-0.2, -0.15) is 26.3 Å².